The highest BCUT2D eigenvalue weighted by Crippen LogP contribution is 2.40. The van der Waals surface area contributed by atoms with Crippen LogP contribution in [0.3, 0.4) is 0 Å². The van der Waals surface area contributed by atoms with E-state index < -0.39 is 30.3 Å². The van der Waals surface area contributed by atoms with E-state index in [0.29, 0.717) is 28.7 Å². The fourth-order valence-electron chi connectivity index (χ4n) is 6.67. The summed E-state index contributed by atoms with van der Waals surface area (Å²) >= 11 is 1.49. The van der Waals surface area contributed by atoms with Gasteiger partial charge in [0.2, 0.25) is 11.1 Å². The van der Waals surface area contributed by atoms with Gasteiger partial charge in [-0.3, -0.25) is 9.59 Å². The summed E-state index contributed by atoms with van der Waals surface area (Å²) in [5.74, 6) is -2.06. The van der Waals surface area contributed by atoms with Gasteiger partial charge in [0.25, 0.3) is 0 Å². The Kier molecular flexibility index (Phi) is 11.4. The Morgan fingerprint density at radius 1 is 0.889 bits per heavy atom. The van der Waals surface area contributed by atoms with Gasteiger partial charge in [-0.05, 0) is 75.4 Å². The van der Waals surface area contributed by atoms with Crippen LogP contribution in [0.15, 0.2) is 108 Å². The van der Waals surface area contributed by atoms with Crippen LogP contribution < -0.4 is 5.32 Å². The number of aliphatic hydroxyl groups is 1. The highest BCUT2D eigenvalue weighted by atomic mass is 32.2. The molecule has 4 aromatic carbocycles. The monoisotopic (exact) mass is 758 g/mol. The lowest BCUT2D eigenvalue weighted by molar-refractivity contribution is -0.245. The maximum Gasteiger partial charge on any atom is 0.471 e. The molecule has 2 fully saturated rings. The molecule has 0 unspecified atom stereocenters. The van der Waals surface area contributed by atoms with Crippen LogP contribution in [0.2, 0.25) is 0 Å². The Morgan fingerprint density at radius 3 is 2.41 bits per heavy atom. The smallest absolute Gasteiger partial charge is 0.392 e. The highest BCUT2D eigenvalue weighted by molar-refractivity contribution is 7.99. The Bertz CT molecular complexity index is 2070. The van der Waals surface area contributed by atoms with E-state index in [4.69, 9.17) is 9.47 Å². The number of hydrogen-bond acceptors (Lipinski definition) is 9. The lowest BCUT2D eigenvalue weighted by atomic mass is 9.99. The molecule has 0 aliphatic carbocycles. The molecule has 11 nitrogen and oxygen atoms in total. The van der Waals surface area contributed by atoms with E-state index in [-0.39, 0.29) is 38.3 Å². The Labute approximate surface area is 313 Å². The number of thioether (sulfide) groups is 1. The number of carbonyl (C=O) groups is 2. The molecule has 15 heteroatoms. The molecule has 4 atom stereocenters. The molecule has 2 N–H and O–H groups in total. The lowest BCUT2D eigenvalue weighted by Crippen LogP contribution is -2.50. The predicted molar refractivity (Wildman–Crippen MR) is 193 cm³/mol. The summed E-state index contributed by atoms with van der Waals surface area (Å²) in [7, 11) is 0. The summed E-state index contributed by atoms with van der Waals surface area (Å²) in [4.78, 5) is 25.4. The first kappa shape index (κ1) is 37.2. The van der Waals surface area contributed by atoms with Crippen LogP contribution in [-0.4, -0.2) is 72.6 Å². The Hall–Kier alpha value is -5.09. The van der Waals surface area contributed by atoms with Crippen molar-refractivity contribution in [3.05, 3.63) is 125 Å². The molecule has 2 amide bonds. The van der Waals surface area contributed by atoms with Crippen molar-refractivity contribution in [2.75, 3.05) is 12.3 Å². The van der Waals surface area contributed by atoms with E-state index in [2.05, 4.69) is 20.8 Å². The maximum atomic E-state index is 13.1. The number of nitrogens with one attached hydrogen (secondary N) is 1. The van der Waals surface area contributed by atoms with Crippen molar-refractivity contribution < 1.29 is 37.3 Å². The van der Waals surface area contributed by atoms with Gasteiger partial charge in [0.05, 0.1) is 24.5 Å². The number of likely N-dealkylation sites (tertiary alicyclic amines) is 1. The number of aliphatic hydroxyl groups excluding tert-OH is 1. The van der Waals surface area contributed by atoms with Crippen LogP contribution >= 0.6 is 11.8 Å². The minimum absolute atomic E-state index is 0.0601. The van der Waals surface area contributed by atoms with E-state index in [9.17, 15) is 27.9 Å². The molecule has 2 saturated heterocycles. The second-order valence-electron chi connectivity index (χ2n) is 13.1. The molecule has 7 rings (SSSR count). The van der Waals surface area contributed by atoms with Gasteiger partial charge in [-0.2, -0.15) is 17.9 Å². The SMILES string of the molecule is O=C(NCc1cccc(-c2cccc([C@H]3O[C@@H](CSc4nnnn4-c4ccccc4)C[C@@H](c4ccc(CO)cc4)O3)c2)c1)[C@@H]1CCCN1C(=O)C(F)(F)F. The van der Waals surface area contributed by atoms with Crippen molar-refractivity contribution in [3.8, 4) is 16.8 Å². The number of carbonyl (C=O) groups excluding carboxylic acids is 2. The van der Waals surface area contributed by atoms with Crippen LogP contribution in [0, 0.1) is 0 Å². The van der Waals surface area contributed by atoms with Gasteiger partial charge in [-0.15, -0.1) is 5.10 Å². The summed E-state index contributed by atoms with van der Waals surface area (Å²) < 4.78 is 54.1. The molecular weight excluding hydrogens is 722 g/mol. The lowest BCUT2D eigenvalue weighted by Gasteiger charge is -2.36. The van der Waals surface area contributed by atoms with E-state index in [1.807, 2.05) is 103 Å². The zero-order valence-electron chi connectivity index (χ0n) is 28.9. The number of tetrazole rings is 1. The summed E-state index contributed by atoms with van der Waals surface area (Å²) in [6, 6.07) is 31.4. The fourth-order valence-corrected chi connectivity index (χ4v) is 7.58. The highest BCUT2D eigenvalue weighted by Gasteiger charge is 2.47. The third-order valence-electron chi connectivity index (χ3n) is 9.40. The number of ether oxygens (including phenoxy) is 2. The summed E-state index contributed by atoms with van der Waals surface area (Å²) in [5.41, 5.74) is 5.86. The zero-order chi connectivity index (χ0) is 37.7. The second kappa shape index (κ2) is 16.5. The predicted octanol–water partition coefficient (Wildman–Crippen LogP) is 6.33. The van der Waals surface area contributed by atoms with Gasteiger partial charge in [0, 0.05) is 30.8 Å². The first-order valence-electron chi connectivity index (χ1n) is 17.5. The van der Waals surface area contributed by atoms with Gasteiger partial charge in [0.15, 0.2) is 6.29 Å². The quantitative estimate of drug-likeness (QED) is 0.149. The molecular formula is C39H37F3N6O5S. The maximum absolute atomic E-state index is 13.1. The molecule has 3 heterocycles. The molecule has 280 valence electrons. The van der Waals surface area contributed by atoms with Crippen molar-refractivity contribution in [2.45, 2.75) is 68.3 Å². The van der Waals surface area contributed by atoms with Crippen LogP contribution in [0.5, 0.6) is 0 Å². The third kappa shape index (κ3) is 8.65. The van der Waals surface area contributed by atoms with E-state index in [0.717, 1.165) is 39.1 Å². The number of nitrogens with zero attached hydrogens (tertiary/aromatic N) is 5. The second-order valence-corrected chi connectivity index (χ2v) is 14.1. The average molecular weight is 759 g/mol. The van der Waals surface area contributed by atoms with Crippen LogP contribution in [0.1, 0.15) is 53.9 Å². The molecule has 0 bridgehead atoms. The van der Waals surface area contributed by atoms with Crippen molar-refractivity contribution in [1.82, 2.24) is 30.4 Å². The van der Waals surface area contributed by atoms with Crippen molar-refractivity contribution in [2.24, 2.45) is 0 Å². The zero-order valence-corrected chi connectivity index (χ0v) is 29.7. The summed E-state index contributed by atoms with van der Waals surface area (Å²) in [6.07, 6.45) is -5.22. The van der Waals surface area contributed by atoms with Crippen molar-refractivity contribution in [3.63, 3.8) is 0 Å². The number of para-hydroxylation sites is 1. The van der Waals surface area contributed by atoms with E-state index in [1.54, 1.807) is 4.68 Å². The first-order valence-corrected chi connectivity index (χ1v) is 18.5. The Balaban J connectivity index is 1.06. The normalized spacial score (nSPS) is 20.2. The fraction of sp³-hybridized carbons (Fsp3) is 0.308. The summed E-state index contributed by atoms with van der Waals surface area (Å²) in [6.45, 7) is -0.0909. The summed E-state index contributed by atoms with van der Waals surface area (Å²) in [5, 5.41) is 25.2. The molecule has 2 aliphatic rings. The molecule has 0 radical (unpaired) electrons. The van der Waals surface area contributed by atoms with Crippen LogP contribution in [-0.2, 0) is 32.2 Å². The number of benzene rings is 4. The average Bonchev–Trinajstić information content (AvgIpc) is 3.90. The number of alkyl halides is 3. The molecule has 0 spiro atoms. The largest absolute Gasteiger partial charge is 0.471 e. The number of hydrogen-bond donors (Lipinski definition) is 2. The van der Waals surface area contributed by atoms with Gasteiger partial charge in [-0.25, -0.2) is 0 Å². The van der Waals surface area contributed by atoms with Gasteiger partial charge in [0.1, 0.15) is 6.04 Å². The van der Waals surface area contributed by atoms with Crippen molar-refractivity contribution >= 4 is 23.6 Å². The third-order valence-corrected chi connectivity index (χ3v) is 10.5. The van der Waals surface area contributed by atoms with E-state index in [1.165, 1.54) is 11.8 Å². The van der Waals surface area contributed by atoms with Crippen molar-refractivity contribution in [1.29, 1.82) is 0 Å². The molecule has 0 saturated carbocycles. The number of amides is 2. The molecule has 2 aliphatic heterocycles. The first-order chi connectivity index (χ1) is 26.2. The van der Waals surface area contributed by atoms with Gasteiger partial charge < -0.3 is 24.8 Å². The standard InChI is InChI=1S/C39H37F3N6O5S/c40-39(41,42)37(51)47-18-6-13-33(47)35(50)43-22-26-7-4-8-28(19-26)29-9-5-10-30(20-29)36-52-32(21-34(53-36)27-16-14-25(23-49)15-17-27)24-54-38-44-45-46-48(38)31-11-2-1-3-12-31/h1-5,7-12,14-17,19-20,32-34,36,49H,6,13,18,21-24H2,(H,43,50)/t32-,33+,34+,36+/m1/s1. The topological polar surface area (TPSA) is 132 Å². The number of halogens is 3. The minimum atomic E-state index is -5.03. The van der Waals surface area contributed by atoms with Crippen LogP contribution in [0.25, 0.3) is 16.8 Å². The van der Waals surface area contributed by atoms with Crippen LogP contribution in [0.4, 0.5) is 13.2 Å². The van der Waals surface area contributed by atoms with E-state index >= 15 is 0 Å². The van der Waals surface area contributed by atoms with Gasteiger partial charge >= 0.3 is 12.1 Å². The number of aromatic nitrogens is 4. The molecule has 54 heavy (non-hydrogen) atoms. The Morgan fingerprint density at radius 2 is 1.65 bits per heavy atom. The molecule has 5 aromatic rings. The van der Waals surface area contributed by atoms with Gasteiger partial charge in [-0.1, -0.05) is 90.6 Å². The number of rotatable bonds is 11. The minimum Gasteiger partial charge on any atom is -0.392 e. The molecule has 1 aromatic heterocycles.